The first-order valence-corrected chi connectivity index (χ1v) is 16.8. The van der Waals surface area contributed by atoms with Gasteiger partial charge in [0.1, 0.15) is 12.2 Å². The molecule has 1 saturated carbocycles. The lowest BCUT2D eigenvalue weighted by molar-refractivity contribution is -0.0282. The summed E-state index contributed by atoms with van der Waals surface area (Å²) in [6.07, 6.45) is 4.21. The second kappa shape index (κ2) is 11.5. The summed E-state index contributed by atoms with van der Waals surface area (Å²) < 4.78 is 12.2. The van der Waals surface area contributed by atoms with Gasteiger partial charge in [0.15, 0.2) is 0 Å². The Labute approximate surface area is 274 Å². The lowest BCUT2D eigenvalue weighted by Crippen LogP contribution is -2.59. The van der Waals surface area contributed by atoms with Gasteiger partial charge in [-0.1, -0.05) is 70.2 Å². The zero-order valence-electron chi connectivity index (χ0n) is 28.8. The van der Waals surface area contributed by atoms with Gasteiger partial charge in [-0.05, 0) is 121 Å². The third-order valence-corrected chi connectivity index (χ3v) is 9.73. The number of carbonyl (C=O) groups is 2. The summed E-state index contributed by atoms with van der Waals surface area (Å²) in [5.74, 6) is -0.533. The van der Waals surface area contributed by atoms with Crippen molar-refractivity contribution >= 4 is 33.5 Å². The van der Waals surface area contributed by atoms with Gasteiger partial charge in [-0.3, -0.25) is 0 Å². The van der Waals surface area contributed by atoms with Gasteiger partial charge < -0.3 is 14.8 Å². The average Bonchev–Trinajstić information content (AvgIpc) is 2.92. The molecule has 0 bridgehead atoms. The third kappa shape index (κ3) is 7.15. The minimum absolute atomic E-state index is 0.0919. The van der Waals surface area contributed by atoms with Crippen LogP contribution in [0.25, 0.3) is 32.7 Å². The molecule has 1 aliphatic heterocycles. The van der Waals surface area contributed by atoms with E-state index in [9.17, 15) is 9.59 Å². The van der Waals surface area contributed by atoms with Crippen LogP contribution in [0.4, 0.5) is 0 Å². The van der Waals surface area contributed by atoms with Crippen LogP contribution < -0.4 is 5.32 Å². The largest absolute Gasteiger partial charge is 0.459 e. The molecule has 2 aliphatic rings. The minimum atomic E-state index is -0.279. The monoisotopic (exact) mass is 619 g/mol. The van der Waals surface area contributed by atoms with Crippen LogP contribution in [0.1, 0.15) is 108 Å². The second-order valence-electron chi connectivity index (χ2n) is 16.8. The minimum Gasteiger partial charge on any atom is -0.459 e. The molecular formula is C41H49NO4. The Morgan fingerprint density at radius 2 is 1.15 bits per heavy atom. The van der Waals surface area contributed by atoms with Crippen LogP contribution in [-0.4, -0.2) is 35.2 Å². The Hall–Kier alpha value is -3.70. The van der Waals surface area contributed by atoms with Gasteiger partial charge in [-0.15, -0.1) is 0 Å². The highest BCUT2D eigenvalue weighted by molar-refractivity contribution is 6.06. The molecule has 2 fully saturated rings. The molecule has 0 spiro atoms. The molecule has 0 atom stereocenters. The molecule has 1 aliphatic carbocycles. The molecule has 0 aromatic heterocycles. The zero-order chi connectivity index (χ0) is 33.1. The van der Waals surface area contributed by atoms with Crippen LogP contribution in [0.15, 0.2) is 72.8 Å². The summed E-state index contributed by atoms with van der Waals surface area (Å²) in [6.45, 7) is 17.7. The second-order valence-corrected chi connectivity index (χ2v) is 16.8. The number of carbonyl (C=O) groups excluding carboxylic acids is 2. The maximum Gasteiger partial charge on any atom is 0.339 e. The van der Waals surface area contributed by atoms with E-state index in [0.29, 0.717) is 11.1 Å². The SMILES string of the molecule is CC1(C)CC(OC(=O)c2cccc3ccc(-c4ccc5cc(C(=O)OC6CC(C)(C)NC(C)(C)C6)ccc5c4)cc23)CC(C)(C)C1. The van der Waals surface area contributed by atoms with Gasteiger partial charge in [-0.2, -0.15) is 0 Å². The van der Waals surface area contributed by atoms with E-state index in [1.54, 1.807) is 0 Å². The number of hydrogen-bond acceptors (Lipinski definition) is 5. The first kappa shape index (κ1) is 32.2. The van der Waals surface area contributed by atoms with E-state index in [1.807, 2.05) is 36.4 Å². The van der Waals surface area contributed by atoms with E-state index in [1.165, 1.54) is 0 Å². The topological polar surface area (TPSA) is 64.6 Å². The van der Waals surface area contributed by atoms with Crippen molar-refractivity contribution in [3.8, 4) is 11.1 Å². The number of fused-ring (bicyclic) bond motifs is 2. The molecule has 1 saturated heterocycles. The molecule has 4 aromatic carbocycles. The number of ether oxygens (including phenoxy) is 2. The van der Waals surface area contributed by atoms with Crippen molar-refractivity contribution in [1.29, 1.82) is 0 Å². The van der Waals surface area contributed by atoms with Gasteiger partial charge in [0, 0.05) is 23.9 Å². The summed E-state index contributed by atoms with van der Waals surface area (Å²) in [7, 11) is 0. The number of hydrogen-bond donors (Lipinski definition) is 1. The van der Waals surface area contributed by atoms with Crippen LogP contribution in [0, 0.1) is 10.8 Å². The van der Waals surface area contributed by atoms with Gasteiger partial charge in [0.2, 0.25) is 0 Å². The Morgan fingerprint density at radius 1 is 0.609 bits per heavy atom. The number of nitrogens with one attached hydrogen (secondary N) is 1. The Balaban J connectivity index is 1.22. The molecular weight excluding hydrogens is 570 g/mol. The third-order valence-electron chi connectivity index (χ3n) is 9.73. The van der Waals surface area contributed by atoms with Crippen molar-refractivity contribution in [2.45, 2.75) is 111 Å². The Morgan fingerprint density at radius 3 is 1.83 bits per heavy atom. The van der Waals surface area contributed by atoms with Crippen LogP contribution >= 0.6 is 0 Å². The summed E-state index contributed by atoms with van der Waals surface area (Å²) in [5.41, 5.74) is 3.31. The van der Waals surface area contributed by atoms with Crippen molar-refractivity contribution in [3.63, 3.8) is 0 Å². The quantitative estimate of drug-likeness (QED) is 0.225. The van der Waals surface area contributed by atoms with E-state index in [-0.39, 0.29) is 46.1 Å². The molecule has 1 heterocycles. The molecule has 4 aromatic rings. The highest BCUT2D eigenvalue weighted by atomic mass is 16.5. The molecule has 5 heteroatoms. The van der Waals surface area contributed by atoms with Crippen LogP contribution in [0.5, 0.6) is 0 Å². The molecule has 242 valence electrons. The molecule has 0 radical (unpaired) electrons. The van der Waals surface area contributed by atoms with Gasteiger partial charge in [-0.25, -0.2) is 9.59 Å². The Bertz CT molecular complexity index is 1780. The average molecular weight is 620 g/mol. The van der Waals surface area contributed by atoms with E-state index < -0.39 is 0 Å². The van der Waals surface area contributed by atoms with E-state index >= 15 is 0 Å². The summed E-state index contributed by atoms with van der Waals surface area (Å²) in [5, 5.41) is 7.56. The maximum absolute atomic E-state index is 13.6. The van der Waals surface area contributed by atoms with Gasteiger partial charge in [0.05, 0.1) is 11.1 Å². The normalized spacial score (nSPS) is 20.8. The van der Waals surface area contributed by atoms with Crippen molar-refractivity contribution in [2.24, 2.45) is 10.8 Å². The number of piperidine rings is 1. The first-order valence-electron chi connectivity index (χ1n) is 16.8. The standard InChI is InChI=1S/C41H49NO4/c1-38(2)21-32(22-39(3,4)25-38)46-37(44)34-11-9-10-26-12-13-30(20-35(26)34)28-14-15-29-19-31(17-16-27(29)18-28)36(43)45-33-23-40(5,6)42-41(7,8)24-33/h9-20,32-33,42H,21-25H2,1-8H3. The van der Waals surface area contributed by atoms with E-state index in [4.69, 9.17) is 9.47 Å². The Kier molecular flexibility index (Phi) is 8.08. The number of rotatable bonds is 5. The molecule has 6 rings (SSSR count). The highest BCUT2D eigenvalue weighted by Gasteiger charge is 2.41. The molecule has 5 nitrogen and oxygen atoms in total. The predicted molar refractivity (Wildman–Crippen MR) is 187 cm³/mol. The smallest absolute Gasteiger partial charge is 0.339 e. The molecule has 0 unspecified atom stereocenters. The molecule has 46 heavy (non-hydrogen) atoms. The van der Waals surface area contributed by atoms with E-state index in [2.05, 4.69) is 97.1 Å². The van der Waals surface area contributed by atoms with Gasteiger partial charge in [0.25, 0.3) is 0 Å². The highest BCUT2D eigenvalue weighted by Crippen LogP contribution is 2.47. The number of esters is 2. The summed E-state index contributed by atoms with van der Waals surface area (Å²) in [4.78, 5) is 26.8. The summed E-state index contributed by atoms with van der Waals surface area (Å²) >= 11 is 0. The fourth-order valence-corrected chi connectivity index (χ4v) is 8.76. The summed E-state index contributed by atoms with van der Waals surface area (Å²) in [6, 6.07) is 24.1. The van der Waals surface area contributed by atoms with Crippen LogP contribution in [0.2, 0.25) is 0 Å². The molecule has 1 N–H and O–H groups in total. The first-order chi connectivity index (χ1) is 21.5. The fourth-order valence-electron chi connectivity index (χ4n) is 8.76. The molecule has 0 amide bonds. The lowest BCUT2D eigenvalue weighted by Gasteiger charge is -2.45. The van der Waals surface area contributed by atoms with Gasteiger partial charge >= 0.3 is 11.9 Å². The predicted octanol–water partition coefficient (Wildman–Crippen LogP) is 9.89. The maximum atomic E-state index is 13.6. The van der Waals surface area contributed by atoms with Crippen molar-refractivity contribution in [1.82, 2.24) is 5.32 Å². The fraction of sp³-hybridized carbons (Fsp3) is 0.463. The van der Waals surface area contributed by atoms with Crippen molar-refractivity contribution < 1.29 is 19.1 Å². The number of benzene rings is 4. The lowest BCUT2D eigenvalue weighted by atomic mass is 9.64. The van der Waals surface area contributed by atoms with Crippen LogP contribution in [-0.2, 0) is 9.47 Å². The van der Waals surface area contributed by atoms with Crippen molar-refractivity contribution in [3.05, 3.63) is 83.9 Å². The van der Waals surface area contributed by atoms with Crippen molar-refractivity contribution in [2.75, 3.05) is 0 Å². The van der Waals surface area contributed by atoms with Crippen LogP contribution in [0.3, 0.4) is 0 Å². The zero-order valence-corrected chi connectivity index (χ0v) is 28.8. The van der Waals surface area contributed by atoms with E-state index in [0.717, 1.165) is 64.8 Å².